The van der Waals surface area contributed by atoms with Crippen molar-refractivity contribution in [1.82, 2.24) is 4.98 Å². The number of rotatable bonds is 2. The van der Waals surface area contributed by atoms with E-state index in [1.54, 1.807) is 0 Å². The first-order chi connectivity index (χ1) is 7.58. The average molecular weight is 363 g/mol. The second-order valence-corrected chi connectivity index (χ2v) is 6.15. The molecule has 0 bridgehead atoms. The summed E-state index contributed by atoms with van der Waals surface area (Å²) in [5, 5.41) is 9.02. The summed E-state index contributed by atoms with van der Waals surface area (Å²) < 4.78 is 1.48. The van der Waals surface area contributed by atoms with Crippen LogP contribution in [0.3, 0.4) is 0 Å². The number of benzene rings is 1. The first-order valence-corrected chi connectivity index (χ1v) is 6.64. The van der Waals surface area contributed by atoms with Crippen LogP contribution >= 0.6 is 43.2 Å². The van der Waals surface area contributed by atoms with Gasteiger partial charge in [-0.25, -0.2) is 9.78 Å². The molecule has 2 aromatic rings. The van der Waals surface area contributed by atoms with Crippen molar-refractivity contribution in [2.75, 3.05) is 0 Å². The number of carboxylic acids is 1. The molecule has 1 N–H and O–H groups in total. The molecule has 0 saturated heterocycles. The second-order valence-electron chi connectivity index (χ2n) is 2.96. The Morgan fingerprint density at radius 3 is 2.75 bits per heavy atom. The number of aromatic nitrogens is 1. The van der Waals surface area contributed by atoms with Gasteiger partial charge >= 0.3 is 5.97 Å². The lowest BCUT2D eigenvalue weighted by Crippen LogP contribution is -1.98. The van der Waals surface area contributed by atoms with E-state index in [2.05, 4.69) is 36.8 Å². The van der Waals surface area contributed by atoms with Crippen LogP contribution in [0, 0.1) is 0 Å². The molecule has 1 aromatic heterocycles. The number of carbonyl (C=O) groups is 1. The van der Waals surface area contributed by atoms with Gasteiger partial charge in [0.05, 0.1) is 4.88 Å². The molecule has 0 aliphatic heterocycles. The van der Waals surface area contributed by atoms with Gasteiger partial charge in [-0.3, -0.25) is 0 Å². The van der Waals surface area contributed by atoms with Gasteiger partial charge in [-0.2, -0.15) is 0 Å². The SMILES string of the molecule is O=C(O)c1nc(Br)sc1-c1cccc(Br)c1. The highest BCUT2D eigenvalue weighted by Gasteiger charge is 2.17. The Balaban J connectivity index is 2.59. The van der Waals surface area contributed by atoms with E-state index in [0.717, 1.165) is 10.0 Å². The van der Waals surface area contributed by atoms with Crippen molar-refractivity contribution in [2.24, 2.45) is 0 Å². The zero-order valence-corrected chi connectivity index (χ0v) is 11.8. The number of halogens is 2. The molecule has 2 rings (SSSR count). The van der Waals surface area contributed by atoms with E-state index in [1.807, 2.05) is 24.3 Å². The van der Waals surface area contributed by atoms with Gasteiger partial charge in [-0.15, -0.1) is 11.3 Å². The predicted molar refractivity (Wildman–Crippen MR) is 69.9 cm³/mol. The third kappa shape index (κ3) is 2.34. The Morgan fingerprint density at radius 2 is 2.12 bits per heavy atom. The molecule has 0 atom stereocenters. The smallest absolute Gasteiger partial charge is 0.356 e. The number of nitrogens with zero attached hydrogens (tertiary/aromatic N) is 1. The lowest BCUT2D eigenvalue weighted by molar-refractivity contribution is 0.0692. The van der Waals surface area contributed by atoms with Gasteiger partial charge in [0, 0.05) is 4.47 Å². The number of hydrogen-bond acceptors (Lipinski definition) is 3. The molecule has 0 fully saturated rings. The van der Waals surface area contributed by atoms with Crippen molar-refractivity contribution in [3.05, 3.63) is 38.3 Å². The molecule has 0 spiro atoms. The molecule has 0 saturated carbocycles. The molecule has 0 aliphatic rings. The molecular weight excluding hydrogens is 358 g/mol. The lowest BCUT2D eigenvalue weighted by atomic mass is 10.1. The number of aromatic carboxylic acids is 1. The third-order valence-electron chi connectivity index (χ3n) is 1.89. The normalized spacial score (nSPS) is 10.4. The predicted octanol–water partition coefficient (Wildman–Crippen LogP) is 4.03. The van der Waals surface area contributed by atoms with Crippen LogP contribution in [0.1, 0.15) is 10.5 Å². The van der Waals surface area contributed by atoms with Gasteiger partial charge in [-0.1, -0.05) is 28.1 Å². The van der Waals surface area contributed by atoms with Gasteiger partial charge in [0.25, 0.3) is 0 Å². The second kappa shape index (κ2) is 4.65. The monoisotopic (exact) mass is 361 g/mol. The van der Waals surface area contributed by atoms with E-state index in [1.165, 1.54) is 11.3 Å². The van der Waals surface area contributed by atoms with Crippen LogP contribution in [0.4, 0.5) is 0 Å². The van der Waals surface area contributed by atoms with E-state index in [4.69, 9.17) is 5.11 Å². The number of thiazole rings is 1. The largest absolute Gasteiger partial charge is 0.476 e. The van der Waals surface area contributed by atoms with Crippen LogP contribution < -0.4 is 0 Å². The lowest BCUT2D eigenvalue weighted by Gasteiger charge is -1.99. The van der Waals surface area contributed by atoms with E-state index in [-0.39, 0.29) is 5.69 Å². The molecule has 1 heterocycles. The standard InChI is InChI=1S/C10H5Br2NO2S/c11-6-3-1-2-5(4-6)8-7(9(14)15)13-10(12)16-8/h1-4H,(H,14,15). The molecule has 82 valence electrons. The summed E-state index contributed by atoms with van der Waals surface area (Å²) in [6, 6.07) is 7.47. The summed E-state index contributed by atoms with van der Waals surface area (Å²) in [7, 11) is 0. The highest BCUT2D eigenvalue weighted by molar-refractivity contribution is 9.11. The van der Waals surface area contributed by atoms with Crippen LogP contribution in [0.15, 0.2) is 32.7 Å². The maximum absolute atomic E-state index is 11.0. The summed E-state index contributed by atoms with van der Waals surface area (Å²) in [5.74, 6) is -1.02. The zero-order valence-electron chi connectivity index (χ0n) is 7.78. The summed E-state index contributed by atoms with van der Waals surface area (Å²) in [4.78, 5) is 15.6. The Morgan fingerprint density at radius 1 is 1.38 bits per heavy atom. The molecule has 0 unspecified atom stereocenters. The van der Waals surface area contributed by atoms with Crippen LogP contribution in [0.5, 0.6) is 0 Å². The third-order valence-corrected chi connectivity index (χ3v) is 3.94. The fraction of sp³-hybridized carbons (Fsp3) is 0. The Labute approximate surface area is 112 Å². The van der Waals surface area contributed by atoms with Crippen LogP contribution in [-0.2, 0) is 0 Å². The van der Waals surface area contributed by atoms with Gasteiger partial charge in [0.2, 0.25) is 0 Å². The van der Waals surface area contributed by atoms with Gasteiger partial charge < -0.3 is 5.11 Å². The summed E-state index contributed by atoms with van der Waals surface area (Å²) in [5.41, 5.74) is 0.921. The van der Waals surface area contributed by atoms with Gasteiger partial charge in [0.1, 0.15) is 0 Å². The van der Waals surface area contributed by atoms with Gasteiger partial charge in [0.15, 0.2) is 9.61 Å². The van der Waals surface area contributed by atoms with Crippen molar-refractivity contribution in [3.63, 3.8) is 0 Å². The highest BCUT2D eigenvalue weighted by Crippen LogP contribution is 2.34. The summed E-state index contributed by atoms with van der Waals surface area (Å²) >= 11 is 7.86. The molecule has 0 radical (unpaired) electrons. The van der Waals surface area contributed by atoms with Crippen LogP contribution in [-0.4, -0.2) is 16.1 Å². The fourth-order valence-electron chi connectivity index (χ4n) is 1.26. The van der Waals surface area contributed by atoms with Crippen molar-refractivity contribution in [2.45, 2.75) is 0 Å². The summed E-state index contributed by atoms with van der Waals surface area (Å²) in [6.45, 7) is 0. The first kappa shape index (κ1) is 11.8. The maximum atomic E-state index is 11.0. The molecule has 1 aromatic carbocycles. The zero-order chi connectivity index (χ0) is 11.7. The number of hydrogen-bond donors (Lipinski definition) is 1. The highest BCUT2D eigenvalue weighted by atomic mass is 79.9. The van der Waals surface area contributed by atoms with E-state index < -0.39 is 5.97 Å². The van der Waals surface area contributed by atoms with E-state index >= 15 is 0 Å². The minimum atomic E-state index is -1.02. The fourth-order valence-corrected chi connectivity index (χ4v) is 3.11. The van der Waals surface area contributed by atoms with Crippen LogP contribution in [0.25, 0.3) is 10.4 Å². The average Bonchev–Trinajstić information content (AvgIpc) is 2.60. The minimum Gasteiger partial charge on any atom is -0.476 e. The summed E-state index contributed by atoms with van der Waals surface area (Å²) in [6.07, 6.45) is 0. The van der Waals surface area contributed by atoms with Gasteiger partial charge in [-0.05, 0) is 33.6 Å². The first-order valence-electron chi connectivity index (χ1n) is 4.23. The minimum absolute atomic E-state index is 0.0787. The van der Waals surface area contributed by atoms with Crippen LogP contribution in [0.2, 0.25) is 0 Å². The number of carboxylic acid groups (broad SMARTS) is 1. The maximum Gasteiger partial charge on any atom is 0.356 e. The van der Waals surface area contributed by atoms with E-state index in [0.29, 0.717) is 8.79 Å². The molecule has 6 heteroatoms. The van der Waals surface area contributed by atoms with Crippen molar-refractivity contribution < 1.29 is 9.90 Å². The Hall–Kier alpha value is -0.720. The Bertz CT molecular complexity index is 554. The topological polar surface area (TPSA) is 50.2 Å². The molecule has 3 nitrogen and oxygen atoms in total. The molecule has 16 heavy (non-hydrogen) atoms. The van der Waals surface area contributed by atoms with Crippen molar-refractivity contribution in [1.29, 1.82) is 0 Å². The van der Waals surface area contributed by atoms with Crippen molar-refractivity contribution in [3.8, 4) is 10.4 Å². The van der Waals surface area contributed by atoms with E-state index in [9.17, 15) is 4.79 Å². The quantitative estimate of drug-likeness (QED) is 0.877. The molecule has 0 amide bonds. The molecule has 0 aliphatic carbocycles. The molecular formula is C10H5Br2NO2S. The van der Waals surface area contributed by atoms with Crippen molar-refractivity contribution >= 4 is 49.2 Å². The Kier molecular flexibility index (Phi) is 3.41.